The number of ether oxygens (including phenoxy) is 3. The highest BCUT2D eigenvalue weighted by Gasteiger charge is 2.05. The highest BCUT2D eigenvalue weighted by atomic mass is 16.5. The zero-order valence-electron chi connectivity index (χ0n) is 16.1. The topological polar surface area (TPSA) is 64.1 Å². The average molecular weight is 351 g/mol. The van der Waals surface area contributed by atoms with Gasteiger partial charge in [0.1, 0.15) is 0 Å². The van der Waals surface area contributed by atoms with E-state index in [1.807, 2.05) is 13.0 Å². The van der Waals surface area contributed by atoms with Crippen molar-refractivity contribution in [3.05, 3.63) is 23.8 Å². The highest BCUT2D eigenvalue weighted by Crippen LogP contribution is 2.28. The molecular weight excluding hydrogens is 318 g/mol. The van der Waals surface area contributed by atoms with E-state index in [1.54, 1.807) is 14.2 Å². The van der Waals surface area contributed by atoms with Gasteiger partial charge in [0, 0.05) is 33.4 Å². The van der Waals surface area contributed by atoms with Gasteiger partial charge in [0.25, 0.3) is 0 Å². The minimum Gasteiger partial charge on any atom is -0.493 e. The molecule has 0 atom stereocenters. The lowest BCUT2D eigenvalue weighted by atomic mass is 10.1. The number of methoxy groups -OCH3 is 2. The lowest BCUT2D eigenvalue weighted by Gasteiger charge is -2.12. The van der Waals surface area contributed by atoms with Crippen LogP contribution in [0.4, 0.5) is 0 Å². The molecule has 0 aliphatic carbocycles. The molecule has 6 nitrogen and oxygen atoms in total. The molecule has 6 heteroatoms. The monoisotopic (exact) mass is 351 g/mol. The lowest BCUT2D eigenvalue weighted by Crippen LogP contribution is -2.38. The van der Waals surface area contributed by atoms with Gasteiger partial charge < -0.3 is 24.8 Å². The summed E-state index contributed by atoms with van der Waals surface area (Å²) in [6.07, 6.45) is 2.90. The SMILES string of the molecule is CCNC(=NCCCc1ccc(OC)c(OCC)c1)NCCCOC. The predicted octanol–water partition coefficient (Wildman–Crippen LogP) is 2.62. The van der Waals surface area contributed by atoms with E-state index >= 15 is 0 Å². The summed E-state index contributed by atoms with van der Waals surface area (Å²) < 4.78 is 16.0. The van der Waals surface area contributed by atoms with Gasteiger partial charge in [-0.1, -0.05) is 6.07 Å². The van der Waals surface area contributed by atoms with Gasteiger partial charge >= 0.3 is 0 Å². The molecule has 0 radical (unpaired) electrons. The number of aliphatic imine (C=N–C) groups is 1. The summed E-state index contributed by atoms with van der Waals surface area (Å²) in [6, 6.07) is 6.10. The van der Waals surface area contributed by atoms with Crippen LogP contribution in [0.5, 0.6) is 11.5 Å². The fourth-order valence-electron chi connectivity index (χ4n) is 2.38. The van der Waals surface area contributed by atoms with Crippen molar-refractivity contribution in [2.24, 2.45) is 4.99 Å². The zero-order valence-corrected chi connectivity index (χ0v) is 16.1. The Morgan fingerprint density at radius 3 is 2.60 bits per heavy atom. The van der Waals surface area contributed by atoms with Crippen LogP contribution in [0.15, 0.2) is 23.2 Å². The first-order valence-electron chi connectivity index (χ1n) is 9.05. The summed E-state index contributed by atoms with van der Waals surface area (Å²) in [5.74, 6) is 2.45. The van der Waals surface area contributed by atoms with Crippen molar-refractivity contribution in [2.75, 3.05) is 47.1 Å². The van der Waals surface area contributed by atoms with Crippen molar-refractivity contribution in [2.45, 2.75) is 33.1 Å². The Morgan fingerprint density at radius 1 is 1.08 bits per heavy atom. The third-order valence-electron chi connectivity index (χ3n) is 3.58. The molecule has 25 heavy (non-hydrogen) atoms. The third-order valence-corrected chi connectivity index (χ3v) is 3.58. The molecule has 142 valence electrons. The molecule has 0 aromatic heterocycles. The molecule has 1 aromatic rings. The van der Waals surface area contributed by atoms with Gasteiger partial charge in [-0.25, -0.2) is 0 Å². The number of guanidine groups is 1. The highest BCUT2D eigenvalue weighted by molar-refractivity contribution is 5.79. The van der Waals surface area contributed by atoms with E-state index in [4.69, 9.17) is 14.2 Å². The predicted molar refractivity (Wildman–Crippen MR) is 103 cm³/mol. The molecule has 1 aromatic carbocycles. The maximum absolute atomic E-state index is 5.63. The number of nitrogens with one attached hydrogen (secondary N) is 2. The second-order valence-electron chi connectivity index (χ2n) is 5.56. The van der Waals surface area contributed by atoms with Crippen molar-refractivity contribution in [3.8, 4) is 11.5 Å². The summed E-state index contributed by atoms with van der Waals surface area (Å²) in [5, 5.41) is 6.58. The van der Waals surface area contributed by atoms with Crippen LogP contribution >= 0.6 is 0 Å². The van der Waals surface area contributed by atoms with E-state index in [-0.39, 0.29) is 0 Å². The standard InChI is InChI=1S/C19H33N3O3/c1-5-20-19(22-13-8-14-23-3)21-12-7-9-16-10-11-17(24-4)18(15-16)25-6-2/h10-11,15H,5-9,12-14H2,1-4H3,(H2,20,21,22). The number of hydrogen-bond donors (Lipinski definition) is 2. The van der Waals surface area contributed by atoms with Crippen molar-refractivity contribution in [1.29, 1.82) is 0 Å². The van der Waals surface area contributed by atoms with Gasteiger partial charge in [-0.2, -0.15) is 0 Å². The van der Waals surface area contributed by atoms with Gasteiger partial charge in [-0.15, -0.1) is 0 Å². The molecule has 0 bridgehead atoms. The summed E-state index contributed by atoms with van der Waals surface area (Å²) in [6.45, 7) is 7.91. The van der Waals surface area contributed by atoms with Gasteiger partial charge in [-0.3, -0.25) is 4.99 Å². The third kappa shape index (κ3) is 8.63. The van der Waals surface area contributed by atoms with Crippen LogP contribution in [0, 0.1) is 0 Å². The molecule has 0 aliphatic heterocycles. The van der Waals surface area contributed by atoms with Crippen LogP contribution in [0.1, 0.15) is 32.3 Å². The van der Waals surface area contributed by atoms with Gasteiger partial charge in [0.05, 0.1) is 13.7 Å². The quantitative estimate of drug-likeness (QED) is 0.344. The Bertz CT molecular complexity index is 507. The molecule has 0 aliphatic rings. The van der Waals surface area contributed by atoms with Crippen molar-refractivity contribution >= 4 is 5.96 Å². The molecule has 2 N–H and O–H groups in total. The molecule has 1 rings (SSSR count). The number of benzene rings is 1. The molecule has 0 heterocycles. The molecule has 0 fully saturated rings. The summed E-state index contributed by atoms with van der Waals surface area (Å²) in [5.41, 5.74) is 1.23. The number of rotatable bonds is 12. The fraction of sp³-hybridized carbons (Fsp3) is 0.632. The first-order chi connectivity index (χ1) is 12.2. The number of nitrogens with zero attached hydrogens (tertiary/aromatic N) is 1. The lowest BCUT2D eigenvalue weighted by molar-refractivity contribution is 0.195. The van der Waals surface area contributed by atoms with Crippen LogP contribution in [-0.4, -0.2) is 53.0 Å². The molecule has 0 spiro atoms. The van der Waals surface area contributed by atoms with Crippen molar-refractivity contribution in [1.82, 2.24) is 10.6 Å². The Morgan fingerprint density at radius 2 is 1.92 bits per heavy atom. The number of hydrogen-bond acceptors (Lipinski definition) is 4. The molecule has 0 amide bonds. The maximum atomic E-state index is 5.63. The average Bonchev–Trinajstić information content (AvgIpc) is 2.62. The summed E-state index contributed by atoms with van der Waals surface area (Å²) in [4.78, 5) is 4.62. The Balaban J connectivity index is 2.46. The summed E-state index contributed by atoms with van der Waals surface area (Å²) >= 11 is 0. The molecule has 0 unspecified atom stereocenters. The second kappa shape index (κ2) is 13.4. The fourth-order valence-corrected chi connectivity index (χ4v) is 2.38. The summed E-state index contributed by atoms with van der Waals surface area (Å²) in [7, 11) is 3.38. The largest absolute Gasteiger partial charge is 0.493 e. The van der Waals surface area contributed by atoms with Crippen molar-refractivity contribution in [3.63, 3.8) is 0 Å². The van der Waals surface area contributed by atoms with E-state index in [0.29, 0.717) is 6.61 Å². The normalized spacial score (nSPS) is 11.3. The zero-order chi connectivity index (χ0) is 18.3. The van der Waals surface area contributed by atoms with Crippen LogP contribution in [0.2, 0.25) is 0 Å². The smallest absolute Gasteiger partial charge is 0.191 e. The molecular formula is C19H33N3O3. The molecule has 0 saturated heterocycles. The minimum atomic E-state index is 0.630. The van der Waals surface area contributed by atoms with E-state index in [2.05, 4.69) is 34.7 Å². The first kappa shape index (κ1) is 21.1. The first-order valence-corrected chi connectivity index (χ1v) is 9.05. The van der Waals surface area contributed by atoms with Crippen LogP contribution in [-0.2, 0) is 11.2 Å². The van der Waals surface area contributed by atoms with Crippen molar-refractivity contribution < 1.29 is 14.2 Å². The Kier molecular flexibility index (Phi) is 11.3. The van der Waals surface area contributed by atoms with Gasteiger partial charge in [-0.05, 0) is 50.8 Å². The van der Waals surface area contributed by atoms with E-state index in [1.165, 1.54) is 5.56 Å². The maximum Gasteiger partial charge on any atom is 0.191 e. The van der Waals surface area contributed by atoms with Crippen LogP contribution in [0.25, 0.3) is 0 Å². The van der Waals surface area contributed by atoms with E-state index < -0.39 is 0 Å². The van der Waals surface area contributed by atoms with Crippen LogP contribution in [0.3, 0.4) is 0 Å². The van der Waals surface area contributed by atoms with Gasteiger partial charge in [0.2, 0.25) is 0 Å². The van der Waals surface area contributed by atoms with Gasteiger partial charge in [0.15, 0.2) is 17.5 Å². The Labute approximate surface area is 152 Å². The van der Waals surface area contributed by atoms with E-state index in [0.717, 1.165) is 63.0 Å². The second-order valence-corrected chi connectivity index (χ2v) is 5.56. The molecule has 0 saturated carbocycles. The Hall–Kier alpha value is -1.95. The van der Waals surface area contributed by atoms with E-state index in [9.17, 15) is 0 Å². The number of aryl methyl sites for hydroxylation is 1. The minimum absolute atomic E-state index is 0.630. The van der Waals surface area contributed by atoms with Crippen LogP contribution < -0.4 is 20.1 Å².